The molecule has 1 aliphatic rings. The highest BCUT2D eigenvalue weighted by atomic mass is 32.2. The van der Waals surface area contributed by atoms with Gasteiger partial charge in [-0.3, -0.25) is 9.48 Å². The van der Waals surface area contributed by atoms with Crippen LogP contribution in [0.15, 0.2) is 23.4 Å². The average molecular weight is 463 g/mol. The van der Waals surface area contributed by atoms with Crippen LogP contribution in [0.1, 0.15) is 48.4 Å². The van der Waals surface area contributed by atoms with Gasteiger partial charge in [0.15, 0.2) is 5.03 Å². The Morgan fingerprint density at radius 1 is 1.35 bits per heavy atom. The Balaban J connectivity index is 1.97. The van der Waals surface area contributed by atoms with Crippen LogP contribution in [0.25, 0.3) is 0 Å². The number of halogens is 4. The number of alkyl halides is 4. The standard InChI is InChI=1S/C18H21F4N5O3S/c1-10-13(15(28)25-11-4-5-24-12(6-11)31(23,29)30)27(26-14(10)17(3,19)20)9-16(2)7-18(21,22)8-16/h4-6H,7-9H2,1-3H3,(H2,23,29,30)(H,24,25,28). The first-order valence-corrected chi connectivity index (χ1v) is 10.7. The first-order chi connectivity index (χ1) is 14.0. The molecular weight excluding hydrogens is 442 g/mol. The number of aromatic nitrogens is 3. The minimum Gasteiger partial charge on any atom is -0.321 e. The predicted molar refractivity (Wildman–Crippen MR) is 102 cm³/mol. The third-order valence-corrected chi connectivity index (χ3v) is 5.81. The Bertz CT molecular complexity index is 1130. The highest BCUT2D eigenvalue weighted by molar-refractivity contribution is 7.89. The number of amides is 1. The zero-order chi connectivity index (χ0) is 23.4. The van der Waals surface area contributed by atoms with Crippen molar-refractivity contribution < 1.29 is 30.8 Å². The molecule has 31 heavy (non-hydrogen) atoms. The van der Waals surface area contributed by atoms with Crippen LogP contribution < -0.4 is 10.5 Å². The molecule has 0 bridgehead atoms. The molecule has 13 heteroatoms. The largest absolute Gasteiger partial charge is 0.321 e. The maximum atomic E-state index is 14.0. The van der Waals surface area contributed by atoms with Crippen LogP contribution in [0.4, 0.5) is 23.2 Å². The summed E-state index contributed by atoms with van der Waals surface area (Å²) in [6, 6.07) is 2.29. The number of nitrogens with zero attached hydrogens (tertiary/aromatic N) is 3. The van der Waals surface area contributed by atoms with Crippen molar-refractivity contribution in [3.8, 4) is 0 Å². The Morgan fingerprint density at radius 3 is 2.48 bits per heavy atom. The van der Waals surface area contributed by atoms with Crippen LogP contribution in [0.2, 0.25) is 0 Å². The van der Waals surface area contributed by atoms with E-state index in [1.807, 2.05) is 0 Å². The van der Waals surface area contributed by atoms with Gasteiger partial charge in [-0.25, -0.2) is 27.3 Å². The molecule has 0 spiro atoms. The molecule has 0 radical (unpaired) electrons. The number of nitrogens with two attached hydrogens (primary N) is 1. The van der Waals surface area contributed by atoms with E-state index >= 15 is 0 Å². The lowest BCUT2D eigenvalue weighted by molar-refractivity contribution is -0.160. The summed E-state index contributed by atoms with van der Waals surface area (Å²) < 4.78 is 78.7. The van der Waals surface area contributed by atoms with E-state index in [1.165, 1.54) is 13.0 Å². The summed E-state index contributed by atoms with van der Waals surface area (Å²) in [5.41, 5.74) is -1.91. The van der Waals surface area contributed by atoms with E-state index in [-0.39, 0.29) is 23.5 Å². The van der Waals surface area contributed by atoms with Crippen LogP contribution in [0.5, 0.6) is 0 Å². The number of hydrogen-bond acceptors (Lipinski definition) is 5. The molecule has 0 aliphatic heterocycles. The summed E-state index contributed by atoms with van der Waals surface area (Å²) in [4.78, 5) is 16.5. The topological polar surface area (TPSA) is 120 Å². The fraction of sp³-hybridized carbons (Fsp3) is 0.500. The van der Waals surface area contributed by atoms with Crippen molar-refractivity contribution in [3.63, 3.8) is 0 Å². The van der Waals surface area contributed by atoms with E-state index in [0.717, 1.165) is 16.9 Å². The van der Waals surface area contributed by atoms with Gasteiger partial charge in [0.1, 0.15) is 11.4 Å². The van der Waals surface area contributed by atoms with E-state index in [2.05, 4.69) is 15.4 Å². The quantitative estimate of drug-likeness (QED) is 0.638. The van der Waals surface area contributed by atoms with Gasteiger partial charge in [-0.1, -0.05) is 6.92 Å². The molecule has 2 aromatic rings. The first kappa shape index (κ1) is 23.1. The molecule has 1 amide bonds. The zero-order valence-electron chi connectivity index (χ0n) is 16.9. The molecule has 1 fully saturated rings. The van der Waals surface area contributed by atoms with Gasteiger partial charge in [0.2, 0.25) is 5.92 Å². The number of rotatable bonds is 6. The normalized spacial score (nSPS) is 17.8. The van der Waals surface area contributed by atoms with Crippen molar-refractivity contribution in [2.45, 2.75) is 57.0 Å². The van der Waals surface area contributed by atoms with E-state index in [1.54, 1.807) is 6.92 Å². The number of primary sulfonamides is 1. The van der Waals surface area contributed by atoms with Gasteiger partial charge in [-0.2, -0.15) is 13.9 Å². The molecule has 0 aromatic carbocycles. The fourth-order valence-corrected chi connectivity index (χ4v) is 4.37. The number of pyridine rings is 1. The molecular formula is C18H21F4N5O3S. The third kappa shape index (κ3) is 4.87. The molecule has 3 rings (SSSR count). The SMILES string of the molecule is Cc1c(C(C)(F)F)nn(CC2(C)CC(F)(F)C2)c1C(=O)Nc1ccnc(S(N)(=O)=O)c1. The summed E-state index contributed by atoms with van der Waals surface area (Å²) in [5, 5.41) is 10.8. The number of nitrogens with one attached hydrogen (secondary N) is 1. The molecule has 2 aromatic heterocycles. The van der Waals surface area contributed by atoms with Crippen LogP contribution in [0, 0.1) is 12.3 Å². The fourth-order valence-electron chi connectivity index (χ4n) is 3.87. The van der Waals surface area contributed by atoms with Crippen LogP contribution >= 0.6 is 0 Å². The minimum absolute atomic E-state index is 0.00220. The minimum atomic E-state index is -4.14. The second-order valence-electron chi connectivity index (χ2n) is 8.27. The molecule has 0 atom stereocenters. The Labute approximate surface area is 175 Å². The van der Waals surface area contributed by atoms with Crippen molar-refractivity contribution in [2.24, 2.45) is 10.6 Å². The van der Waals surface area contributed by atoms with E-state index in [4.69, 9.17) is 5.14 Å². The molecule has 1 aliphatic carbocycles. The second kappa shape index (κ2) is 7.26. The van der Waals surface area contributed by atoms with Gasteiger partial charge in [-0.15, -0.1) is 0 Å². The van der Waals surface area contributed by atoms with Crippen molar-refractivity contribution in [1.29, 1.82) is 0 Å². The van der Waals surface area contributed by atoms with Crippen LogP contribution in [-0.4, -0.2) is 35.0 Å². The number of hydrogen-bond donors (Lipinski definition) is 2. The van der Waals surface area contributed by atoms with Crippen LogP contribution in [-0.2, 0) is 22.5 Å². The average Bonchev–Trinajstić information content (AvgIpc) is 2.88. The van der Waals surface area contributed by atoms with Crippen LogP contribution in [0.3, 0.4) is 0 Å². The maximum absolute atomic E-state index is 14.0. The van der Waals surface area contributed by atoms with Gasteiger partial charge < -0.3 is 5.32 Å². The number of carbonyl (C=O) groups is 1. The second-order valence-corrected chi connectivity index (χ2v) is 9.78. The van der Waals surface area contributed by atoms with Gasteiger partial charge in [0.05, 0.1) is 0 Å². The smallest absolute Gasteiger partial charge is 0.289 e. The van der Waals surface area contributed by atoms with Gasteiger partial charge in [-0.05, 0) is 18.4 Å². The highest BCUT2D eigenvalue weighted by Gasteiger charge is 2.54. The summed E-state index contributed by atoms with van der Waals surface area (Å²) in [5.74, 6) is -7.08. The zero-order valence-corrected chi connectivity index (χ0v) is 17.7. The van der Waals surface area contributed by atoms with E-state index in [0.29, 0.717) is 6.92 Å². The molecule has 0 saturated heterocycles. The van der Waals surface area contributed by atoms with Gasteiger partial charge in [0.25, 0.3) is 21.9 Å². The summed E-state index contributed by atoms with van der Waals surface area (Å²) in [7, 11) is -4.14. The predicted octanol–water partition coefficient (Wildman–Crippen LogP) is 3.03. The summed E-state index contributed by atoms with van der Waals surface area (Å²) in [6.07, 6.45) is 0.183. The molecule has 170 valence electrons. The monoisotopic (exact) mass is 463 g/mol. The van der Waals surface area contributed by atoms with Crippen molar-refractivity contribution in [2.75, 3.05) is 5.32 Å². The lowest BCUT2D eigenvalue weighted by Gasteiger charge is -2.44. The highest BCUT2D eigenvalue weighted by Crippen LogP contribution is 2.52. The molecule has 3 N–H and O–H groups in total. The molecule has 8 nitrogen and oxygen atoms in total. The van der Waals surface area contributed by atoms with Gasteiger partial charge >= 0.3 is 0 Å². The lowest BCUT2D eigenvalue weighted by Crippen LogP contribution is -2.47. The van der Waals surface area contributed by atoms with Crippen molar-refractivity contribution >= 4 is 21.6 Å². The summed E-state index contributed by atoms with van der Waals surface area (Å²) in [6.45, 7) is 3.30. The number of sulfonamides is 1. The van der Waals surface area contributed by atoms with Gasteiger partial charge in [0, 0.05) is 49.8 Å². The molecule has 1 saturated carbocycles. The first-order valence-electron chi connectivity index (χ1n) is 9.15. The molecule has 2 heterocycles. The van der Waals surface area contributed by atoms with Crippen molar-refractivity contribution in [1.82, 2.24) is 14.8 Å². The maximum Gasteiger partial charge on any atom is 0.289 e. The summed E-state index contributed by atoms with van der Waals surface area (Å²) >= 11 is 0. The van der Waals surface area contributed by atoms with E-state index in [9.17, 15) is 30.8 Å². The number of anilines is 1. The number of carbonyl (C=O) groups excluding carboxylic acids is 1. The van der Waals surface area contributed by atoms with E-state index < -0.39 is 56.8 Å². The molecule has 0 unspecified atom stereocenters. The Hall–Kier alpha value is -2.54. The van der Waals surface area contributed by atoms with Crippen molar-refractivity contribution in [3.05, 3.63) is 35.3 Å². The Morgan fingerprint density at radius 2 is 1.97 bits per heavy atom. The third-order valence-electron chi connectivity index (χ3n) is 5.01. The lowest BCUT2D eigenvalue weighted by atomic mass is 9.67. The Kier molecular flexibility index (Phi) is 5.42.